The second kappa shape index (κ2) is 8.70. The average molecular weight is 535 g/mol. The van der Waals surface area contributed by atoms with Gasteiger partial charge >= 0.3 is 0 Å². The number of hydrogen-bond donors (Lipinski definition) is 0. The molecule has 4 aromatic rings. The number of pyridine rings is 1. The molecule has 0 aliphatic heterocycles. The van der Waals surface area contributed by atoms with Gasteiger partial charge in [-0.2, -0.15) is 0 Å². The third-order valence-corrected chi connectivity index (χ3v) is 7.19. The highest BCUT2D eigenvalue weighted by molar-refractivity contribution is 9.10. The minimum Gasteiger partial charge on any atom is -0.437 e. The van der Waals surface area contributed by atoms with Gasteiger partial charge in [0.15, 0.2) is 0 Å². The van der Waals surface area contributed by atoms with E-state index < -0.39 is 0 Å². The summed E-state index contributed by atoms with van der Waals surface area (Å²) in [6.45, 7) is 2.48. The van der Waals surface area contributed by atoms with Crippen LogP contribution in [0.2, 0.25) is 5.02 Å². The molecule has 0 saturated heterocycles. The summed E-state index contributed by atoms with van der Waals surface area (Å²) in [6, 6.07) is 7.93. The molecule has 3 aromatic heterocycles. The largest absolute Gasteiger partial charge is 0.437 e. The summed E-state index contributed by atoms with van der Waals surface area (Å²) in [5.41, 5.74) is 2.74. The van der Waals surface area contributed by atoms with Crippen molar-refractivity contribution in [3.63, 3.8) is 0 Å². The van der Waals surface area contributed by atoms with Crippen molar-refractivity contribution < 1.29 is 9.22 Å². The first-order valence-corrected chi connectivity index (χ1v) is 12.4. The Morgan fingerprint density at radius 3 is 2.84 bits per heavy atom. The molecule has 1 aromatic carbocycles. The molecule has 7 nitrogen and oxygen atoms in total. The molecule has 0 bridgehead atoms. The molecule has 166 valence electrons. The molecule has 1 aliphatic rings. The van der Waals surface area contributed by atoms with Gasteiger partial charge in [0.05, 0.1) is 39.5 Å². The standard InChI is InChI=1S/C22H23BrClN6OS/c1-30(2,13-17-7-8-26-32-17)12-15-9-16(24)10-25-22(15)31-19-6-5-18-21(20(19)23)27-28-29(18)11-14-3-4-14/h5-10,14H,3-4,11-13H2,1-2H3/q+1. The minimum absolute atomic E-state index is 0.537. The second-order valence-corrected chi connectivity index (χ2v) is 11.1. The van der Waals surface area contributed by atoms with Gasteiger partial charge in [-0.3, -0.25) is 0 Å². The molecule has 0 amide bonds. The van der Waals surface area contributed by atoms with Crippen LogP contribution < -0.4 is 4.74 Å². The van der Waals surface area contributed by atoms with Crippen LogP contribution in [0.3, 0.4) is 0 Å². The van der Waals surface area contributed by atoms with Crippen molar-refractivity contribution in [2.75, 3.05) is 14.1 Å². The van der Waals surface area contributed by atoms with Crippen LogP contribution in [0.1, 0.15) is 23.3 Å². The predicted octanol–water partition coefficient (Wildman–Crippen LogP) is 5.68. The molecule has 0 spiro atoms. The van der Waals surface area contributed by atoms with Gasteiger partial charge in [0, 0.05) is 18.9 Å². The zero-order valence-electron chi connectivity index (χ0n) is 17.8. The van der Waals surface area contributed by atoms with Crippen molar-refractivity contribution in [1.82, 2.24) is 24.4 Å². The Hall–Kier alpha value is -2.07. The highest BCUT2D eigenvalue weighted by Crippen LogP contribution is 2.37. The zero-order chi connectivity index (χ0) is 22.3. The summed E-state index contributed by atoms with van der Waals surface area (Å²) in [7, 11) is 4.34. The number of fused-ring (bicyclic) bond motifs is 1. The summed E-state index contributed by atoms with van der Waals surface area (Å²) in [5.74, 6) is 1.91. The number of ether oxygens (including phenoxy) is 1. The lowest BCUT2D eigenvalue weighted by molar-refractivity contribution is -0.916. The molecular weight excluding hydrogens is 512 g/mol. The molecule has 0 radical (unpaired) electrons. The molecule has 0 atom stereocenters. The van der Waals surface area contributed by atoms with E-state index in [1.807, 2.05) is 29.1 Å². The van der Waals surface area contributed by atoms with E-state index in [9.17, 15) is 0 Å². The van der Waals surface area contributed by atoms with E-state index in [0.717, 1.165) is 44.6 Å². The van der Waals surface area contributed by atoms with Crippen LogP contribution in [0.4, 0.5) is 0 Å². The van der Waals surface area contributed by atoms with Crippen LogP contribution in [-0.4, -0.2) is 42.9 Å². The topological polar surface area (TPSA) is 65.7 Å². The van der Waals surface area contributed by atoms with E-state index in [1.54, 1.807) is 6.20 Å². The molecule has 1 fully saturated rings. The van der Waals surface area contributed by atoms with Crippen molar-refractivity contribution in [3.8, 4) is 11.6 Å². The van der Waals surface area contributed by atoms with Gasteiger partial charge in [0.25, 0.3) is 0 Å². The van der Waals surface area contributed by atoms with Gasteiger partial charge < -0.3 is 9.22 Å². The van der Waals surface area contributed by atoms with E-state index >= 15 is 0 Å². The smallest absolute Gasteiger partial charge is 0.228 e. The van der Waals surface area contributed by atoms with Crippen LogP contribution in [0.5, 0.6) is 11.6 Å². The number of quaternary nitrogens is 1. The fourth-order valence-corrected chi connectivity index (χ4v) is 5.25. The van der Waals surface area contributed by atoms with Gasteiger partial charge in [-0.15, -0.1) is 5.10 Å². The fourth-order valence-electron chi connectivity index (χ4n) is 3.79. The highest BCUT2D eigenvalue weighted by Gasteiger charge is 2.25. The first-order chi connectivity index (χ1) is 15.4. The molecule has 1 saturated carbocycles. The summed E-state index contributed by atoms with van der Waals surface area (Å²) in [5, 5.41) is 9.30. The Bertz CT molecular complexity index is 1260. The molecule has 0 N–H and O–H groups in total. The van der Waals surface area contributed by atoms with Crippen molar-refractivity contribution in [1.29, 1.82) is 0 Å². The number of hydrogen-bond acceptors (Lipinski definition) is 6. The van der Waals surface area contributed by atoms with Crippen LogP contribution in [-0.2, 0) is 19.6 Å². The number of benzene rings is 1. The Kier molecular flexibility index (Phi) is 5.92. The van der Waals surface area contributed by atoms with E-state index in [-0.39, 0.29) is 0 Å². The number of rotatable bonds is 8. The van der Waals surface area contributed by atoms with E-state index in [2.05, 4.69) is 55.8 Å². The van der Waals surface area contributed by atoms with Gasteiger partial charge in [0.2, 0.25) is 5.88 Å². The average Bonchev–Trinajstić information content (AvgIpc) is 3.23. The maximum Gasteiger partial charge on any atom is 0.228 e. The normalized spacial score (nSPS) is 14.2. The molecule has 10 heteroatoms. The third kappa shape index (κ3) is 4.80. The van der Waals surface area contributed by atoms with E-state index in [1.165, 1.54) is 29.3 Å². The monoisotopic (exact) mass is 533 g/mol. The number of aromatic nitrogens is 5. The molecule has 3 heterocycles. The Labute approximate surface area is 203 Å². The third-order valence-electron chi connectivity index (χ3n) is 5.49. The highest BCUT2D eigenvalue weighted by atomic mass is 79.9. The van der Waals surface area contributed by atoms with Crippen LogP contribution in [0, 0.1) is 5.92 Å². The maximum absolute atomic E-state index is 6.29. The van der Waals surface area contributed by atoms with Crippen LogP contribution >= 0.6 is 39.1 Å². The Balaban J connectivity index is 1.41. The lowest BCUT2D eigenvalue weighted by Gasteiger charge is -2.29. The Morgan fingerprint density at radius 1 is 1.25 bits per heavy atom. The molecule has 0 unspecified atom stereocenters. The number of halogens is 2. The van der Waals surface area contributed by atoms with E-state index in [4.69, 9.17) is 16.3 Å². The van der Waals surface area contributed by atoms with Gasteiger partial charge in [-0.1, -0.05) is 16.8 Å². The zero-order valence-corrected chi connectivity index (χ0v) is 21.0. The molecule has 32 heavy (non-hydrogen) atoms. The van der Waals surface area contributed by atoms with E-state index in [0.29, 0.717) is 23.2 Å². The van der Waals surface area contributed by atoms with Gasteiger partial charge in [0.1, 0.15) is 24.4 Å². The first-order valence-electron chi connectivity index (χ1n) is 10.4. The van der Waals surface area contributed by atoms with Crippen molar-refractivity contribution >= 4 is 50.1 Å². The van der Waals surface area contributed by atoms with Gasteiger partial charge in [-0.25, -0.2) is 14.0 Å². The second-order valence-electron chi connectivity index (χ2n) is 8.91. The first kappa shape index (κ1) is 21.8. The van der Waals surface area contributed by atoms with Crippen LogP contribution in [0.15, 0.2) is 41.1 Å². The van der Waals surface area contributed by atoms with Crippen molar-refractivity contribution in [3.05, 3.63) is 56.6 Å². The predicted molar refractivity (Wildman–Crippen MR) is 129 cm³/mol. The lowest BCUT2D eigenvalue weighted by atomic mass is 10.2. The summed E-state index contributed by atoms with van der Waals surface area (Å²) in [4.78, 5) is 5.72. The quantitative estimate of drug-likeness (QED) is 0.272. The van der Waals surface area contributed by atoms with Gasteiger partial charge in [-0.05, 0) is 70.5 Å². The lowest BCUT2D eigenvalue weighted by Crippen LogP contribution is -2.37. The molecule has 5 rings (SSSR count). The SMILES string of the molecule is C[N+](C)(Cc1ccns1)Cc1cc(Cl)cnc1Oc1ccc2c(nnn2CC2CC2)c1Br. The van der Waals surface area contributed by atoms with Crippen molar-refractivity contribution in [2.24, 2.45) is 5.92 Å². The summed E-state index contributed by atoms with van der Waals surface area (Å²) in [6.07, 6.45) is 5.99. The van der Waals surface area contributed by atoms with Crippen LogP contribution in [0.25, 0.3) is 11.0 Å². The maximum atomic E-state index is 6.29. The van der Waals surface area contributed by atoms with Crippen molar-refractivity contribution in [2.45, 2.75) is 32.5 Å². The summed E-state index contributed by atoms with van der Waals surface area (Å²) >= 11 is 11.5. The number of nitrogens with zero attached hydrogens (tertiary/aromatic N) is 6. The minimum atomic E-state index is 0.537. The Morgan fingerprint density at radius 2 is 2.09 bits per heavy atom. The summed E-state index contributed by atoms with van der Waals surface area (Å²) < 4.78 is 14.0. The fraction of sp³-hybridized carbons (Fsp3) is 0.364. The molecule has 1 aliphatic carbocycles. The molecular formula is C22H23BrClN6OS+.